The maximum absolute atomic E-state index is 11.1. The van der Waals surface area contributed by atoms with Gasteiger partial charge in [-0.15, -0.1) is 0 Å². The lowest BCUT2D eigenvalue weighted by atomic mass is 10.0. The van der Waals surface area contributed by atoms with Crippen molar-refractivity contribution in [2.75, 3.05) is 0 Å². The fourth-order valence-corrected chi connectivity index (χ4v) is 2.55. The number of nitrogens with one attached hydrogen (secondary N) is 1. The second-order valence-electron chi connectivity index (χ2n) is 4.53. The minimum absolute atomic E-state index is 0.276. The Labute approximate surface area is 112 Å². The van der Waals surface area contributed by atoms with Crippen LogP contribution in [0.3, 0.4) is 0 Å². The molecule has 19 heavy (non-hydrogen) atoms. The number of carbonyl (C=O) groups excluding carboxylic acids is 1. The molecule has 0 unspecified atom stereocenters. The van der Waals surface area contributed by atoms with Gasteiger partial charge in [0.15, 0.2) is 0 Å². The van der Waals surface area contributed by atoms with E-state index in [4.69, 9.17) is 4.74 Å². The average molecular weight is 252 g/mol. The smallest absolute Gasteiger partial charge is 0.407 e. The Morgan fingerprint density at radius 2 is 1.95 bits per heavy atom. The molecule has 0 atom stereocenters. The maximum atomic E-state index is 11.1. The number of hydrogen-bond donors (Lipinski definition) is 1. The summed E-state index contributed by atoms with van der Waals surface area (Å²) in [4.78, 5) is 11.1. The summed E-state index contributed by atoms with van der Waals surface area (Å²) in [7, 11) is 3.28. The molecule has 3 rings (SSSR count). The second-order valence-corrected chi connectivity index (χ2v) is 4.53. The molecule has 1 aliphatic carbocycles. The van der Waals surface area contributed by atoms with Crippen LogP contribution in [0.2, 0.25) is 0 Å². The summed E-state index contributed by atoms with van der Waals surface area (Å²) in [6.07, 6.45) is 0.393. The molecular weight excluding hydrogens is 238 g/mol. The van der Waals surface area contributed by atoms with Crippen LogP contribution in [0.1, 0.15) is 16.7 Å². The number of hydrogen-bond acceptors (Lipinski definition) is 2. The van der Waals surface area contributed by atoms with Crippen molar-refractivity contribution in [3.8, 4) is 11.1 Å². The van der Waals surface area contributed by atoms with Gasteiger partial charge >= 0.3 is 6.09 Å². The van der Waals surface area contributed by atoms with Crippen molar-refractivity contribution in [1.82, 2.24) is 5.32 Å². The lowest BCUT2D eigenvalue weighted by Gasteiger charge is -2.09. The van der Waals surface area contributed by atoms with Crippen LogP contribution in [0.15, 0.2) is 42.5 Å². The Morgan fingerprint density at radius 1 is 1.16 bits per heavy atom. The molecule has 1 radical (unpaired) electrons. The molecule has 0 aliphatic heterocycles. The van der Waals surface area contributed by atoms with Crippen LogP contribution in [-0.4, -0.2) is 6.09 Å². The van der Waals surface area contributed by atoms with Crippen LogP contribution in [0.4, 0.5) is 4.79 Å². The molecule has 1 aliphatic rings. The van der Waals surface area contributed by atoms with Crippen LogP contribution in [0.25, 0.3) is 11.1 Å². The minimum atomic E-state index is -0.506. The molecule has 0 fully saturated rings. The number of rotatable bonds is 2. The fraction of sp³-hybridized carbons (Fsp3) is 0.125. The van der Waals surface area contributed by atoms with E-state index in [9.17, 15) is 4.79 Å². The van der Waals surface area contributed by atoms with Crippen molar-refractivity contribution in [2.24, 2.45) is 0 Å². The highest BCUT2D eigenvalue weighted by atomic mass is 16.5. The Balaban J connectivity index is 1.92. The van der Waals surface area contributed by atoms with Gasteiger partial charge in [0.2, 0.25) is 0 Å². The first-order valence-corrected chi connectivity index (χ1v) is 6.18. The first-order valence-electron chi connectivity index (χ1n) is 6.18. The highest BCUT2D eigenvalue weighted by Gasteiger charge is 2.20. The third kappa shape index (κ3) is 2.08. The van der Waals surface area contributed by atoms with E-state index in [1.165, 1.54) is 22.3 Å². The average Bonchev–Trinajstić information content (AvgIpc) is 2.84. The van der Waals surface area contributed by atoms with Gasteiger partial charge in [-0.1, -0.05) is 42.5 Å². The first-order chi connectivity index (χ1) is 9.29. The normalized spacial score (nSPS) is 11.6. The van der Waals surface area contributed by atoms with Crippen LogP contribution >= 0.6 is 0 Å². The topological polar surface area (TPSA) is 38.3 Å². The van der Waals surface area contributed by atoms with Gasteiger partial charge in [-0.05, 0) is 34.2 Å². The Morgan fingerprint density at radius 3 is 2.79 bits per heavy atom. The SMILES string of the molecule is [CH2]NC(=O)OCc1cccc2c1Cc1ccccc1-2. The van der Waals surface area contributed by atoms with E-state index >= 15 is 0 Å². The zero-order valence-electron chi connectivity index (χ0n) is 10.5. The monoisotopic (exact) mass is 252 g/mol. The van der Waals surface area contributed by atoms with Crippen LogP contribution in [0.5, 0.6) is 0 Å². The zero-order chi connectivity index (χ0) is 13.2. The molecule has 2 aromatic carbocycles. The molecule has 0 bridgehead atoms. The van der Waals surface area contributed by atoms with Crippen molar-refractivity contribution in [3.05, 3.63) is 66.2 Å². The number of carbonyl (C=O) groups is 1. The van der Waals surface area contributed by atoms with Crippen LogP contribution < -0.4 is 5.32 Å². The molecule has 95 valence electrons. The molecule has 0 spiro atoms. The summed E-state index contributed by atoms with van der Waals surface area (Å²) in [5.41, 5.74) is 6.15. The molecule has 0 aromatic heterocycles. The third-order valence-corrected chi connectivity index (χ3v) is 3.45. The van der Waals surface area contributed by atoms with E-state index in [0.717, 1.165) is 12.0 Å². The predicted molar refractivity (Wildman–Crippen MR) is 73.4 cm³/mol. The Hall–Kier alpha value is -2.29. The van der Waals surface area contributed by atoms with Crippen molar-refractivity contribution in [1.29, 1.82) is 0 Å². The minimum Gasteiger partial charge on any atom is -0.445 e. The Bertz CT molecular complexity index is 634. The second kappa shape index (κ2) is 4.76. The van der Waals surface area contributed by atoms with Gasteiger partial charge in [0.05, 0.1) is 0 Å². The van der Waals surface area contributed by atoms with Gasteiger partial charge < -0.3 is 10.1 Å². The number of alkyl carbamates (subject to hydrolysis) is 1. The van der Waals surface area contributed by atoms with E-state index in [1.54, 1.807) is 0 Å². The van der Waals surface area contributed by atoms with Gasteiger partial charge in [0, 0.05) is 7.05 Å². The summed E-state index contributed by atoms with van der Waals surface area (Å²) < 4.78 is 5.09. The Kier molecular flexibility index (Phi) is 2.95. The van der Waals surface area contributed by atoms with E-state index < -0.39 is 6.09 Å². The van der Waals surface area contributed by atoms with Crippen molar-refractivity contribution < 1.29 is 9.53 Å². The summed E-state index contributed by atoms with van der Waals surface area (Å²) in [6.45, 7) is 0.276. The largest absolute Gasteiger partial charge is 0.445 e. The fourth-order valence-electron chi connectivity index (χ4n) is 2.55. The highest BCUT2D eigenvalue weighted by molar-refractivity contribution is 5.78. The highest BCUT2D eigenvalue weighted by Crippen LogP contribution is 2.38. The molecule has 0 saturated carbocycles. The van der Waals surface area contributed by atoms with Gasteiger partial charge in [-0.2, -0.15) is 0 Å². The van der Waals surface area contributed by atoms with E-state index in [1.807, 2.05) is 18.2 Å². The lowest BCUT2D eigenvalue weighted by Crippen LogP contribution is -2.17. The molecule has 0 heterocycles. The van der Waals surface area contributed by atoms with Gasteiger partial charge in [0.1, 0.15) is 6.61 Å². The summed E-state index contributed by atoms with van der Waals surface area (Å²) in [5.74, 6) is 0. The van der Waals surface area contributed by atoms with Crippen LogP contribution in [-0.2, 0) is 17.8 Å². The third-order valence-electron chi connectivity index (χ3n) is 3.45. The molecule has 0 saturated heterocycles. The molecule has 3 nitrogen and oxygen atoms in total. The first kappa shape index (κ1) is 11.8. The quantitative estimate of drug-likeness (QED) is 0.760. The van der Waals surface area contributed by atoms with Crippen molar-refractivity contribution in [2.45, 2.75) is 13.0 Å². The lowest BCUT2D eigenvalue weighted by molar-refractivity contribution is 0.143. The summed E-state index contributed by atoms with van der Waals surface area (Å²) in [6, 6.07) is 14.5. The van der Waals surface area contributed by atoms with E-state index in [2.05, 4.69) is 36.6 Å². The summed E-state index contributed by atoms with van der Waals surface area (Å²) >= 11 is 0. The number of fused-ring (bicyclic) bond motifs is 3. The molecule has 3 heteroatoms. The van der Waals surface area contributed by atoms with E-state index in [-0.39, 0.29) is 6.61 Å². The standard InChI is InChI=1S/C16H14NO2/c1-17-16(18)19-10-12-6-4-8-14-13-7-3-2-5-11(13)9-15(12)14/h2-8H,1,9-10H2,(H,17,18). The molecule has 2 aromatic rings. The summed E-state index contributed by atoms with van der Waals surface area (Å²) in [5, 5.41) is 2.21. The van der Waals surface area contributed by atoms with Crippen LogP contribution in [0, 0.1) is 7.05 Å². The maximum Gasteiger partial charge on any atom is 0.407 e. The van der Waals surface area contributed by atoms with Gasteiger partial charge in [-0.25, -0.2) is 4.79 Å². The molecule has 1 N–H and O–H groups in total. The number of ether oxygens (including phenoxy) is 1. The van der Waals surface area contributed by atoms with Gasteiger partial charge in [-0.3, -0.25) is 0 Å². The number of benzene rings is 2. The van der Waals surface area contributed by atoms with Crippen molar-refractivity contribution >= 4 is 6.09 Å². The number of amides is 1. The molecule has 1 amide bonds. The zero-order valence-corrected chi connectivity index (χ0v) is 10.5. The van der Waals surface area contributed by atoms with Gasteiger partial charge in [0.25, 0.3) is 0 Å². The van der Waals surface area contributed by atoms with E-state index in [0.29, 0.717) is 0 Å². The predicted octanol–water partition coefficient (Wildman–Crippen LogP) is 3.28. The van der Waals surface area contributed by atoms with Crippen molar-refractivity contribution in [3.63, 3.8) is 0 Å². The molecular formula is C16H14NO2.